The van der Waals surface area contributed by atoms with Crippen LogP contribution in [0.3, 0.4) is 0 Å². The van der Waals surface area contributed by atoms with Crippen LogP contribution in [0.5, 0.6) is 0 Å². The average molecular weight is 164 g/mol. The summed E-state index contributed by atoms with van der Waals surface area (Å²) in [6, 6.07) is 0. The van der Waals surface area contributed by atoms with E-state index in [-0.39, 0.29) is 0 Å². The molecule has 64 valence electrons. The molecule has 0 spiro atoms. The predicted molar refractivity (Wildman–Crippen MR) is 46.2 cm³/mol. The van der Waals surface area contributed by atoms with Crippen LogP contribution in [0.15, 0.2) is 10.2 Å². The van der Waals surface area contributed by atoms with Gasteiger partial charge in [0.25, 0.3) is 0 Å². The monoisotopic (exact) mass is 164 g/mol. The Morgan fingerprint density at radius 2 is 1.08 bits per heavy atom. The third-order valence-electron chi connectivity index (χ3n) is 1.09. The highest BCUT2D eigenvalue weighted by atomic mass is 15.3. The highest BCUT2D eigenvalue weighted by Gasteiger charge is 2.26. The van der Waals surface area contributed by atoms with Crippen LogP contribution in [0.2, 0.25) is 0 Å². The minimum Gasteiger partial charge on any atom is -0.284 e. The van der Waals surface area contributed by atoms with Gasteiger partial charge in [0.2, 0.25) is 0 Å². The Morgan fingerprint density at radius 3 is 1.25 bits per heavy atom. The first-order valence-electron chi connectivity index (χ1n) is 3.54. The summed E-state index contributed by atoms with van der Waals surface area (Å²) >= 11 is 0. The summed E-state index contributed by atoms with van der Waals surface area (Å²) in [5.41, 5.74) is -1.69. The molecule has 0 aromatic heterocycles. The molecular formula is C8H12N4. The van der Waals surface area contributed by atoms with Crippen LogP contribution in [0.4, 0.5) is 0 Å². The SMILES string of the molecule is [C-]#[N+]C(C)(C)/N=N/C(C)(C)[N+]#[C-]. The number of rotatable bonds is 2. The van der Waals surface area contributed by atoms with E-state index in [0.717, 1.165) is 0 Å². The summed E-state index contributed by atoms with van der Waals surface area (Å²) in [5, 5.41) is 7.55. The van der Waals surface area contributed by atoms with Gasteiger partial charge in [0.1, 0.15) is 0 Å². The zero-order valence-corrected chi connectivity index (χ0v) is 7.79. The lowest BCUT2D eigenvalue weighted by Crippen LogP contribution is -2.14. The van der Waals surface area contributed by atoms with Gasteiger partial charge in [0, 0.05) is 27.7 Å². The fraction of sp³-hybridized carbons (Fsp3) is 0.750. The largest absolute Gasteiger partial charge is 0.335 e. The number of hydrogen-bond acceptors (Lipinski definition) is 2. The van der Waals surface area contributed by atoms with Gasteiger partial charge in [-0.15, -0.1) is 0 Å². The standard InChI is InChI=1S/C8H12N4/c1-7(2,9-5)11-12-8(3,4)10-6/h1-4H3/b12-11+. The molecule has 0 aliphatic carbocycles. The first kappa shape index (κ1) is 10.6. The predicted octanol–water partition coefficient (Wildman–Crippen LogP) is 2.75. The van der Waals surface area contributed by atoms with Crippen molar-refractivity contribution in [2.24, 2.45) is 10.2 Å². The number of nitrogens with zero attached hydrogens (tertiary/aromatic N) is 4. The van der Waals surface area contributed by atoms with Crippen LogP contribution in [0.25, 0.3) is 9.69 Å². The van der Waals surface area contributed by atoms with Gasteiger partial charge in [-0.05, 0) is 0 Å². The van der Waals surface area contributed by atoms with E-state index in [2.05, 4.69) is 19.9 Å². The second-order valence-corrected chi connectivity index (χ2v) is 3.41. The molecule has 0 rings (SSSR count). The quantitative estimate of drug-likeness (QED) is 0.444. The van der Waals surface area contributed by atoms with E-state index in [0.29, 0.717) is 0 Å². The van der Waals surface area contributed by atoms with Crippen molar-refractivity contribution in [1.29, 1.82) is 0 Å². The molecule has 0 aliphatic rings. The van der Waals surface area contributed by atoms with Gasteiger partial charge in [-0.3, -0.25) is 9.69 Å². The van der Waals surface area contributed by atoms with Crippen LogP contribution in [-0.2, 0) is 0 Å². The van der Waals surface area contributed by atoms with Gasteiger partial charge < -0.3 is 0 Å². The Balaban J connectivity index is 4.50. The van der Waals surface area contributed by atoms with Gasteiger partial charge in [0.15, 0.2) is 0 Å². The van der Waals surface area contributed by atoms with Crippen LogP contribution in [0, 0.1) is 13.1 Å². The molecule has 0 atom stereocenters. The summed E-state index contributed by atoms with van der Waals surface area (Å²) in [4.78, 5) is 6.49. The van der Waals surface area contributed by atoms with E-state index in [4.69, 9.17) is 13.1 Å². The third-order valence-corrected chi connectivity index (χ3v) is 1.09. The first-order chi connectivity index (χ1) is 5.33. The second kappa shape index (κ2) is 3.32. The highest BCUT2D eigenvalue weighted by Crippen LogP contribution is 2.17. The molecule has 4 nitrogen and oxygen atoms in total. The Bertz CT molecular complexity index is 234. The lowest BCUT2D eigenvalue weighted by atomic mass is 10.3. The molecule has 0 fully saturated rings. The Labute approximate surface area is 72.9 Å². The topological polar surface area (TPSA) is 33.4 Å². The van der Waals surface area contributed by atoms with Gasteiger partial charge >= 0.3 is 11.3 Å². The smallest absolute Gasteiger partial charge is 0.284 e. The summed E-state index contributed by atoms with van der Waals surface area (Å²) in [5.74, 6) is 0. The zero-order chi connectivity index (χ0) is 9.83. The molecule has 0 saturated heterocycles. The van der Waals surface area contributed by atoms with Crippen LogP contribution >= 0.6 is 0 Å². The minimum atomic E-state index is -0.845. The highest BCUT2D eigenvalue weighted by molar-refractivity contribution is 4.90. The maximum absolute atomic E-state index is 6.76. The van der Waals surface area contributed by atoms with Crippen molar-refractivity contribution in [2.75, 3.05) is 0 Å². The summed E-state index contributed by atoms with van der Waals surface area (Å²) in [7, 11) is 0. The fourth-order valence-corrected chi connectivity index (χ4v) is 0.289. The van der Waals surface area contributed by atoms with E-state index >= 15 is 0 Å². The molecule has 0 aliphatic heterocycles. The normalized spacial score (nSPS) is 12.5. The molecule has 0 aromatic carbocycles. The van der Waals surface area contributed by atoms with Crippen molar-refractivity contribution in [1.82, 2.24) is 0 Å². The molecule has 0 bridgehead atoms. The molecule has 0 unspecified atom stereocenters. The molecule has 0 aromatic rings. The zero-order valence-electron chi connectivity index (χ0n) is 7.79. The van der Waals surface area contributed by atoms with Crippen molar-refractivity contribution in [2.45, 2.75) is 39.0 Å². The molecule has 0 radical (unpaired) electrons. The Kier molecular flexibility index (Phi) is 2.93. The van der Waals surface area contributed by atoms with E-state index in [1.165, 1.54) is 0 Å². The minimum absolute atomic E-state index is 0.845. The van der Waals surface area contributed by atoms with Crippen LogP contribution in [-0.4, -0.2) is 11.3 Å². The van der Waals surface area contributed by atoms with E-state index < -0.39 is 11.3 Å². The molecule has 0 heterocycles. The number of hydrogen-bond donors (Lipinski definition) is 0. The van der Waals surface area contributed by atoms with E-state index in [9.17, 15) is 0 Å². The molecule has 0 N–H and O–H groups in total. The lowest BCUT2D eigenvalue weighted by molar-refractivity contribution is 0.522. The Hall–Kier alpha value is -1.42. The van der Waals surface area contributed by atoms with Gasteiger partial charge in [-0.25, -0.2) is 13.1 Å². The van der Waals surface area contributed by atoms with E-state index in [1.807, 2.05) is 0 Å². The summed E-state index contributed by atoms with van der Waals surface area (Å²) in [6.07, 6.45) is 0. The maximum atomic E-state index is 6.76. The van der Waals surface area contributed by atoms with E-state index in [1.54, 1.807) is 27.7 Å². The van der Waals surface area contributed by atoms with Gasteiger partial charge in [-0.2, -0.15) is 0 Å². The fourth-order valence-electron chi connectivity index (χ4n) is 0.289. The van der Waals surface area contributed by atoms with Crippen molar-refractivity contribution < 1.29 is 0 Å². The summed E-state index contributed by atoms with van der Waals surface area (Å²) < 4.78 is 0. The molecule has 0 saturated carbocycles. The van der Waals surface area contributed by atoms with Crippen LogP contribution < -0.4 is 0 Å². The van der Waals surface area contributed by atoms with Crippen molar-refractivity contribution in [3.63, 3.8) is 0 Å². The Morgan fingerprint density at radius 1 is 0.833 bits per heavy atom. The lowest BCUT2D eigenvalue weighted by Gasteiger charge is -2.05. The summed E-state index contributed by atoms with van der Waals surface area (Å²) in [6.45, 7) is 20.2. The average Bonchev–Trinajstić information content (AvgIpc) is 2.02. The molecular weight excluding hydrogens is 152 g/mol. The number of azo groups is 1. The van der Waals surface area contributed by atoms with Crippen molar-refractivity contribution in [3.05, 3.63) is 22.8 Å². The second-order valence-electron chi connectivity index (χ2n) is 3.41. The molecule has 4 heteroatoms. The van der Waals surface area contributed by atoms with Crippen molar-refractivity contribution in [3.8, 4) is 0 Å². The van der Waals surface area contributed by atoms with Crippen molar-refractivity contribution >= 4 is 0 Å². The molecule has 12 heavy (non-hydrogen) atoms. The third kappa shape index (κ3) is 3.68. The molecule has 0 amide bonds. The van der Waals surface area contributed by atoms with Gasteiger partial charge in [-0.1, -0.05) is 10.2 Å². The first-order valence-corrected chi connectivity index (χ1v) is 3.54. The van der Waals surface area contributed by atoms with Gasteiger partial charge in [0.05, 0.1) is 0 Å². The van der Waals surface area contributed by atoms with Crippen LogP contribution in [0.1, 0.15) is 27.7 Å². The maximum Gasteiger partial charge on any atom is 0.335 e.